The molecule has 6 nitrogen and oxygen atoms in total. The number of nitrogens with zero attached hydrogens (tertiary/aromatic N) is 1. The first-order valence-electron chi connectivity index (χ1n) is 8.34. The largest absolute Gasteiger partial charge is 0.382 e. The number of ether oxygens (including phenoxy) is 1. The highest BCUT2D eigenvalue weighted by Crippen LogP contribution is 2.32. The second-order valence-electron chi connectivity index (χ2n) is 6.12. The standard InChI is InChI=1S/C18H23N3O3/c1-3-24-9-5-8-21-11-14-15(17(21)22)16(20-18(23)19-14)13-7-4-6-12(2)10-13/h4,6-7,10,16H,3,5,8-9,11H2,1-2H3,(H2,19,20,23). The Balaban J connectivity index is 1.79. The average molecular weight is 329 g/mol. The fourth-order valence-corrected chi connectivity index (χ4v) is 3.21. The van der Waals surface area contributed by atoms with Gasteiger partial charge in [0.05, 0.1) is 23.9 Å². The van der Waals surface area contributed by atoms with E-state index in [9.17, 15) is 9.59 Å². The van der Waals surface area contributed by atoms with Crippen LogP contribution in [0, 0.1) is 6.92 Å². The monoisotopic (exact) mass is 329 g/mol. The van der Waals surface area contributed by atoms with Crippen LogP contribution < -0.4 is 10.6 Å². The SMILES string of the molecule is CCOCCCN1CC2=C(C1=O)C(c1cccc(C)c1)NC(=O)N2. The molecule has 1 atom stereocenters. The first kappa shape index (κ1) is 16.5. The number of carbonyl (C=O) groups is 2. The zero-order chi connectivity index (χ0) is 17.1. The molecule has 0 fully saturated rings. The van der Waals surface area contributed by atoms with Gasteiger partial charge in [0.15, 0.2) is 0 Å². The van der Waals surface area contributed by atoms with Crippen LogP contribution in [-0.4, -0.2) is 43.1 Å². The smallest absolute Gasteiger partial charge is 0.319 e. The molecular formula is C18H23N3O3. The van der Waals surface area contributed by atoms with E-state index in [2.05, 4.69) is 10.6 Å². The normalized spacial score (nSPS) is 20.1. The molecule has 0 bridgehead atoms. The van der Waals surface area contributed by atoms with Crippen LogP contribution in [0.25, 0.3) is 0 Å². The lowest BCUT2D eigenvalue weighted by Gasteiger charge is -2.25. The van der Waals surface area contributed by atoms with Crippen molar-refractivity contribution in [2.75, 3.05) is 26.3 Å². The molecule has 2 N–H and O–H groups in total. The van der Waals surface area contributed by atoms with Gasteiger partial charge >= 0.3 is 6.03 Å². The van der Waals surface area contributed by atoms with E-state index in [0.29, 0.717) is 37.6 Å². The zero-order valence-corrected chi connectivity index (χ0v) is 14.1. The second-order valence-corrected chi connectivity index (χ2v) is 6.12. The Bertz CT molecular complexity index is 684. The van der Waals surface area contributed by atoms with Gasteiger partial charge in [-0.15, -0.1) is 0 Å². The summed E-state index contributed by atoms with van der Waals surface area (Å²) in [5.74, 6) is -0.0134. The highest BCUT2D eigenvalue weighted by molar-refractivity contribution is 6.01. The molecule has 0 aliphatic carbocycles. The Labute approximate surface area is 141 Å². The summed E-state index contributed by atoms with van der Waals surface area (Å²) in [5.41, 5.74) is 3.39. The Kier molecular flexibility index (Phi) is 4.85. The molecule has 1 aromatic carbocycles. The number of nitrogens with one attached hydrogen (secondary N) is 2. The molecule has 0 aromatic heterocycles. The Hall–Kier alpha value is -2.34. The van der Waals surface area contributed by atoms with Crippen LogP contribution in [0.3, 0.4) is 0 Å². The lowest BCUT2D eigenvalue weighted by Crippen LogP contribution is -2.44. The minimum absolute atomic E-state index is 0.0134. The van der Waals surface area contributed by atoms with Crippen molar-refractivity contribution in [1.29, 1.82) is 0 Å². The van der Waals surface area contributed by atoms with E-state index >= 15 is 0 Å². The van der Waals surface area contributed by atoms with Gasteiger partial charge in [-0.05, 0) is 25.8 Å². The van der Waals surface area contributed by atoms with Gasteiger partial charge in [0.25, 0.3) is 5.91 Å². The van der Waals surface area contributed by atoms with Crippen molar-refractivity contribution in [3.8, 4) is 0 Å². The van der Waals surface area contributed by atoms with E-state index in [1.165, 1.54) is 0 Å². The molecule has 2 heterocycles. The van der Waals surface area contributed by atoms with Gasteiger partial charge in [-0.1, -0.05) is 29.8 Å². The number of rotatable bonds is 6. The molecule has 6 heteroatoms. The Morgan fingerprint density at radius 3 is 2.92 bits per heavy atom. The predicted molar refractivity (Wildman–Crippen MR) is 90.3 cm³/mol. The van der Waals surface area contributed by atoms with Gasteiger partial charge in [-0.25, -0.2) is 4.79 Å². The minimum atomic E-state index is -0.391. The first-order valence-corrected chi connectivity index (χ1v) is 8.34. The van der Waals surface area contributed by atoms with Crippen molar-refractivity contribution < 1.29 is 14.3 Å². The molecular weight excluding hydrogens is 306 g/mol. The van der Waals surface area contributed by atoms with Crippen LogP contribution >= 0.6 is 0 Å². The third-order valence-electron chi connectivity index (χ3n) is 4.32. The Morgan fingerprint density at radius 1 is 1.33 bits per heavy atom. The van der Waals surface area contributed by atoms with E-state index in [0.717, 1.165) is 17.5 Å². The summed E-state index contributed by atoms with van der Waals surface area (Å²) in [5, 5.41) is 5.67. The molecule has 0 spiro atoms. The Morgan fingerprint density at radius 2 is 2.17 bits per heavy atom. The summed E-state index contributed by atoms with van der Waals surface area (Å²) in [6.07, 6.45) is 0.788. The van der Waals surface area contributed by atoms with Crippen LogP contribution in [0.15, 0.2) is 35.5 Å². The third-order valence-corrected chi connectivity index (χ3v) is 4.32. The molecule has 0 radical (unpaired) electrons. The van der Waals surface area contributed by atoms with Crippen LogP contribution in [0.1, 0.15) is 30.5 Å². The highest BCUT2D eigenvalue weighted by Gasteiger charge is 2.40. The van der Waals surface area contributed by atoms with Gasteiger partial charge in [0, 0.05) is 19.8 Å². The van der Waals surface area contributed by atoms with Crippen molar-refractivity contribution in [2.45, 2.75) is 26.3 Å². The van der Waals surface area contributed by atoms with Crippen LogP contribution in [0.2, 0.25) is 0 Å². The fourth-order valence-electron chi connectivity index (χ4n) is 3.21. The topological polar surface area (TPSA) is 70.7 Å². The summed E-state index contributed by atoms with van der Waals surface area (Å²) in [6.45, 7) is 6.35. The van der Waals surface area contributed by atoms with E-state index in [1.54, 1.807) is 4.90 Å². The predicted octanol–water partition coefficient (Wildman–Crippen LogP) is 1.87. The van der Waals surface area contributed by atoms with Gasteiger partial charge in [-0.3, -0.25) is 4.79 Å². The second kappa shape index (κ2) is 7.05. The molecule has 2 aliphatic heterocycles. The molecule has 3 amide bonds. The average Bonchev–Trinajstić information content (AvgIpc) is 2.87. The maximum absolute atomic E-state index is 12.8. The maximum atomic E-state index is 12.8. The van der Waals surface area contributed by atoms with Crippen molar-refractivity contribution in [3.63, 3.8) is 0 Å². The zero-order valence-electron chi connectivity index (χ0n) is 14.1. The minimum Gasteiger partial charge on any atom is -0.382 e. The molecule has 0 saturated carbocycles. The van der Waals surface area contributed by atoms with Crippen LogP contribution in [-0.2, 0) is 9.53 Å². The third kappa shape index (κ3) is 3.28. The lowest BCUT2D eigenvalue weighted by molar-refractivity contribution is -0.126. The molecule has 128 valence electrons. The van der Waals surface area contributed by atoms with Gasteiger partial charge in [0.1, 0.15) is 0 Å². The number of amides is 3. The summed E-state index contributed by atoms with van der Waals surface area (Å²) in [7, 11) is 0. The molecule has 1 unspecified atom stereocenters. The van der Waals surface area contributed by atoms with E-state index in [1.807, 2.05) is 38.1 Å². The number of urea groups is 1. The van der Waals surface area contributed by atoms with Crippen LogP contribution in [0.4, 0.5) is 4.79 Å². The van der Waals surface area contributed by atoms with Gasteiger partial charge in [-0.2, -0.15) is 0 Å². The van der Waals surface area contributed by atoms with Crippen molar-refractivity contribution in [1.82, 2.24) is 15.5 Å². The molecule has 3 rings (SSSR count). The first-order chi connectivity index (χ1) is 11.6. The fraction of sp³-hybridized carbons (Fsp3) is 0.444. The summed E-state index contributed by atoms with van der Waals surface area (Å²) >= 11 is 0. The molecule has 2 aliphatic rings. The molecule has 0 saturated heterocycles. The number of aryl methyl sites for hydroxylation is 1. The van der Waals surface area contributed by atoms with E-state index in [-0.39, 0.29) is 11.9 Å². The van der Waals surface area contributed by atoms with Crippen LogP contribution in [0.5, 0.6) is 0 Å². The van der Waals surface area contributed by atoms with Crippen molar-refractivity contribution in [2.24, 2.45) is 0 Å². The summed E-state index contributed by atoms with van der Waals surface area (Å²) in [4.78, 5) is 26.6. The molecule has 1 aromatic rings. The highest BCUT2D eigenvalue weighted by atomic mass is 16.5. The maximum Gasteiger partial charge on any atom is 0.319 e. The number of hydrogen-bond acceptors (Lipinski definition) is 3. The quantitative estimate of drug-likeness (QED) is 0.783. The number of hydrogen-bond donors (Lipinski definition) is 2. The van der Waals surface area contributed by atoms with Crippen molar-refractivity contribution >= 4 is 11.9 Å². The van der Waals surface area contributed by atoms with E-state index in [4.69, 9.17) is 4.74 Å². The number of benzene rings is 1. The van der Waals surface area contributed by atoms with E-state index < -0.39 is 6.04 Å². The summed E-state index contributed by atoms with van der Waals surface area (Å²) in [6, 6.07) is 7.24. The molecule has 24 heavy (non-hydrogen) atoms. The lowest BCUT2D eigenvalue weighted by atomic mass is 9.95. The summed E-state index contributed by atoms with van der Waals surface area (Å²) < 4.78 is 5.33. The van der Waals surface area contributed by atoms with Crippen molar-refractivity contribution in [3.05, 3.63) is 46.7 Å². The number of carbonyl (C=O) groups excluding carboxylic acids is 2. The van der Waals surface area contributed by atoms with Gasteiger partial charge < -0.3 is 20.3 Å². The van der Waals surface area contributed by atoms with Gasteiger partial charge in [0.2, 0.25) is 0 Å².